The number of para-hydroxylation sites is 1. The van der Waals surface area contributed by atoms with Crippen molar-refractivity contribution in [2.24, 2.45) is 10.7 Å². The van der Waals surface area contributed by atoms with Crippen molar-refractivity contribution < 1.29 is 18.7 Å². The Hall–Kier alpha value is -3.68. The standard InChI is InChI=1S/C24H30N4O4/c1-4-26-24(27-14-17-8-6-10-19(12-17)31-15-22(25)29)28-16(3)21-13-18-9-7-11-20(30-5-2)23(18)32-21/h6-13,16H,4-5,14-15H2,1-3H3,(H2,25,29)(H2,26,27,28). The van der Waals surface area contributed by atoms with Gasteiger partial charge < -0.3 is 30.3 Å². The zero-order valence-electron chi connectivity index (χ0n) is 18.7. The van der Waals surface area contributed by atoms with E-state index < -0.39 is 5.91 Å². The number of hydrogen-bond donors (Lipinski definition) is 3. The number of guanidine groups is 1. The molecule has 0 bridgehead atoms. The van der Waals surface area contributed by atoms with E-state index in [2.05, 4.69) is 15.6 Å². The highest BCUT2D eigenvalue weighted by atomic mass is 16.5. The number of hydrogen-bond acceptors (Lipinski definition) is 5. The van der Waals surface area contributed by atoms with Crippen LogP contribution in [0.5, 0.6) is 11.5 Å². The molecule has 170 valence electrons. The van der Waals surface area contributed by atoms with Gasteiger partial charge in [0.15, 0.2) is 23.9 Å². The number of ether oxygens (including phenoxy) is 2. The molecule has 1 amide bonds. The zero-order valence-corrected chi connectivity index (χ0v) is 18.7. The molecule has 1 atom stereocenters. The number of carbonyl (C=O) groups is 1. The predicted molar refractivity (Wildman–Crippen MR) is 125 cm³/mol. The van der Waals surface area contributed by atoms with Gasteiger partial charge in [0.25, 0.3) is 5.91 Å². The van der Waals surface area contributed by atoms with Crippen molar-refractivity contribution >= 4 is 22.8 Å². The van der Waals surface area contributed by atoms with Crippen molar-refractivity contribution in [1.82, 2.24) is 10.6 Å². The molecule has 0 aliphatic rings. The van der Waals surface area contributed by atoms with Gasteiger partial charge in [0.2, 0.25) is 0 Å². The lowest BCUT2D eigenvalue weighted by Crippen LogP contribution is -2.38. The summed E-state index contributed by atoms with van der Waals surface area (Å²) in [6.07, 6.45) is 0. The number of nitrogens with one attached hydrogen (secondary N) is 2. The lowest BCUT2D eigenvalue weighted by molar-refractivity contribution is -0.119. The molecular formula is C24H30N4O4. The van der Waals surface area contributed by atoms with Gasteiger partial charge in [0.1, 0.15) is 11.5 Å². The summed E-state index contributed by atoms with van der Waals surface area (Å²) in [7, 11) is 0. The fourth-order valence-electron chi connectivity index (χ4n) is 3.19. The average Bonchev–Trinajstić information content (AvgIpc) is 3.22. The van der Waals surface area contributed by atoms with Gasteiger partial charge in [-0.3, -0.25) is 4.79 Å². The smallest absolute Gasteiger partial charge is 0.255 e. The quantitative estimate of drug-likeness (QED) is 0.330. The number of carbonyl (C=O) groups excluding carboxylic acids is 1. The van der Waals surface area contributed by atoms with E-state index in [1.165, 1.54) is 0 Å². The van der Waals surface area contributed by atoms with Crippen LogP contribution in [0.1, 0.15) is 38.1 Å². The molecule has 3 rings (SSSR count). The largest absolute Gasteiger partial charge is 0.490 e. The molecule has 1 aromatic heterocycles. The van der Waals surface area contributed by atoms with Gasteiger partial charge in [-0.2, -0.15) is 0 Å². The molecule has 0 aliphatic carbocycles. The van der Waals surface area contributed by atoms with Crippen LogP contribution in [0.2, 0.25) is 0 Å². The van der Waals surface area contributed by atoms with Gasteiger partial charge in [-0.25, -0.2) is 4.99 Å². The number of nitrogens with two attached hydrogens (primary N) is 1. The summed E-state index contributed by atoms with van der Waals surface area (Å²) in [5.41, 5.74) is 6.82. The fraction of sp³-hybridized carbons (Fsp3) is 0.333. The first-order valence-corrected chi connectivity index (χ1v) is 10.7. The first-order chi connectivity index (χ1) is 15.5. The van der Waals surface area contributed by atoms with Crippen LogP contribution in [-0.2, 0) is 11.3 Å². The third kappa shape index (κ3) is 6.16. The van der Waals surface area contributed by atoms with Gasteiger partial charge in [-0.15, -0.1) is 0 Å². The minimum absolute atomic E-state index is 0.111. The Morgan fingerprint density at radius 2 is 1.97 bits per heavy atom. The summed E-state index contributed by atoms with van der Waals surface area (Å²) in [6, 6.07) is 15.2. The Kier molecular flexibility index (Phi) is 7.96. The van der Waals surface area contributed by atoms with Gasteiger partial charge >= 0.3 is 0 Å². The number of aliphatic imine (C=N–C) groups is 1. The number of primary amides is 1. The van der Waals surface area contributed by atoms with Gasteiger partial charge in [0.05, 0.1) is 19.2 Å². The van der Waals surface area contributed by atoms with Crippen LogP contribution in [0.15, 0.2) is 57.9 Å². The van der Waals surface area contributed by atoms with Crippen LogP contribution in [0.3, 0.4) is 0 Å². The van der Waals surface area contributed by atoms with Crippen LogP contribution < -0.4 is 25.8 Å². The van der Waals surface area contributed by atoms with Crippen molar-refractivity contribution in [2.45, 2.75) is 33.4 Å². The van der Waals surface area contributed by atoms with E-state index in [1.54, 1.807) is 6.07 Å². The monoisotopic (exact) mass is 438 g/mol. The third-order valence-corrected chi connectivity index (χ3v) is 4.65. The second-order valence-corrected chi connectivity index (χ2v) is 7.22. The molecule has 0 saturated carbocycles. The molecule has 0 spiro atoms. The molecule has 0 radical (unpaired) electrons. The van der Waals surface area contributed by atoms with E-state index >= 15 is 0 Å². The second kappa shape index (κ2) is 11.1. The van der Waals surface area contributed by atoms with Crippen LogP contribution in [0.25, 0.3) is 11.0 Å². The molecule has 0 saturated heterocycles. The Morgan fingerprint density at radius 3 is 2.72 bits per heavy atom. The van der Waals surface area contributed by atoms with E-state index in [4.69, 9.17) is 19.6 Å². The number of amides is 1. The molecule has 32 heavy (non-hydrogen) atoms. The van der Waals surface area contributed by atoms with Crippen molar-refractivity contribution in [2.75, 3.05) is 19.8 Å². The average molecular weight is 439 g/mol. The predicted octanol–water partition coefficient (Wildman–Crippen LogP) is 3.51. The second-order valence-electron chi connectivity index (χ2n) is 7.22. The van der Waals surface area contributed by atoms with Crippen molar-refractivity contribution in [3.8, 4) is 11.5 Å². The van der Waals surface area contributed by atoms with E-state index in [0.717, 1.165) is 34.6 Å². The van der Waals surface area contributed by atoms with E-state index in [-0.39, 0.29) is 12.6 Å². The topological polar surface area (TPSA) is 111 Å². The maximum absolute atomic E-state index is 10.9. The summed E-state index contributed by atoms with van der Waals surface area (Å²) in [5.74, 6) is 2.26. The van der Waals surface area contributed by atoms with Crippen molar-refractivity contribution in [3.63, 3.8) is 0 Å². The Bertz CT molecular complexity index is 1080. The normalized spacial score (nSPS) is 12.4. The number of nitrogens with zero attached hydrogens (tertiary/aromatic N) is 1. The summed E-state index contributed by atoms with van der Waals surface area (Å²) in [6.45, 7) is 7.55. The summed E-state index contributed by atoms with van der Waals surface area (Å²) < 4.78 is 17.1. The Labute approximate surface area is 187 Å². The first-order valence-electron chi connectivity index (χ1n) is 10.7. The number of furan rings is 1. The number of fused-ring (bicyclic) bond motifs is 1. The summed E-state index contributed by atoms with van der Waals surface area (Å²) in [5, 5.41) is 7.63. The van der Waals surface area contributed by atoms with Crippen LogP contribution >= 0.6 is 0 Å². The van der Waals surface area contributed by atoms with Crippen molar-refractivity contribution in [3.05, 3.63) is 59.9 Å². The Balaban J connectivity index is 1.71. The highest BCUT2D eigenvalue weighted by molar-refractivity contribution is 5.84. The van der Waals surface area contributed by atoms with E-state index in [1.807, 2.05) is 63.2 Å². The molecule has 3 aromatic rings. The lowest BCUT2D eigenvalue weighted by atomic mass is 10.2. The molecule has 2 aromatic carbocycles. The van der Waals surface area contributed by atoms with Crippen LogP contribution in [-0.4, -0.2) is 31.6 Å². The molecule has 4 N–H and O–H groups in total. The maximum atomic E-state index is 10.9. The van der Waals surface area contributed by atoms with Gasteiger partial charge in [-0.05, 0) is 50.6 Å². The molecular weight excluding hydrogens is 408 g/mol. The Morgan fingerprint density at radius 1 is 1.16 bits per heavy atom. The van der Waals surface area contributed by atoms with Gasteiger partial charge in [0, 0.05) is 11.9 Å². The van der Waals surface area contributed by atoms with Crippen molar-refractivity contribution in [1.29, 1.82) is 0 Å². The molecule has 1 unspecified atom stereocenters. The lowest BCUT2D eigenvalue weighted by Gasteiger charge is -2.16. The SMILES string of the molecule is CCNC(=NCc1cccc(OCC(N)=O)c1)NC(C)c1cc2cccc(OCC)c2o1. The fourth-order valence-corrected chi connectivity index (χ4v) is 3.19. The first kappa shape index (κ1) is 23.0. The highest BCUT2D eigenvalue weighted by Crippen LogP contribution is 2.31. The highest BCUT2D eigenvalue weighted by Gasteiger charge is 2.15. The maximum Gasteiger partial charge on any atom is 0.255 e. The minimum Gasteiger partial charge on any atom is -0.490 e. The molecule has 1 heterocycles. The van der Waals surface area contributed by atoms with Crippen LogP contribution in [0, 0.1) is 0 Å². The third-order valence-electron chi connectivity index (χ3n) is 4.65. The molecule has 8 nitrogen and oxygen atoms in total. The number of rotatable bonds is 10. The molecule has 8 heteroatoms. The zero-order chi connectivity index (χ0) is 22.9. The molecule has 0 fully saturated rings. The van der Waals surface area contributed by atoms with E-state index in [9.17, 15) is 4.79 Å². The number of benzene rings is 2. The van der Waals surface area contributed by atoms with Crippen LogP contribution in [0.4, 0.5) is 0 Å². The van der Waals surface area contributed by atoms with Gasteiger partial charge in [-0.1, -0.05) is 24.3 Å². The molecule has 0 aliphatic heterocycles. The van der Waals surface area contributed by atoms with E-state index in [0.29, 0.717) is 24.9 Å². The minimum atomic E-state index is -0.514. The summed E-state index contributed by atoms with van der Waals surface area (Å²) >= 11 is 0. The summed E-state index contributed by atoms with van der Waals surface area (Å²) in [4.78, 5) is 15.6.